The van der Waals surface area contributed by atoms with E-state index in [9.17, 15) is 0 Å². The maximum atomic E-state index is 5.82. The zero-order valence-electron chi connectivity index (χ0n) is 9.14. The molecule has 0 amide bonds. The highest BCUT2D eigenvalue weighted by Crippen LogP contribution is 2.26. The summed E-state index contributed by atoms with van der Waals surface area (Å²) in [6.45, 7) is 4.16. The van der Waals surface area contributed by atoms with Crippen molar-refractivity contribution in [3.63, 3.8) is 0 Å². The van der Waals surface area contributed by atoms with Crippen LogP contribution in [-0.2, 0) is 0 Å². The van der Waals surface area contributed by atoms with Gasteiger partial charge in [0.1, 0.15) is 11.9 Å². The molecule has 2 rings (SSSR count). The van der Waals surface area contributed by atoms with Gasteiger partial charge in [-0.15, -0.1) is 0 Å². The summed E-state index contributed by atoms with van der Waals surface area (Å²) in [6, 6.07) is 0.299. The van der Waals surface area contributed by atoms with E-state index < -0.39 is 0 Å². The van der Waals surface area contributed by atoms with Crippen molar-refractivity contribution in [2.75, 3.05) is 0 Å². The molecule has 0 aliphatic heterocycles. The number of ether oxygens (including phenoxy) is 1. The molecule has 4 nitrogen and oxygen atoms in total. The van der Waals surface area contributed by atoms with Gasteiger partial charge in [-0.1, -0.05) is 13.8 Å². The summed E-state index contributed by atoms with van der Waals surface area (Å²) in [5, 5.41) is 0.692. The molecule has 1 aromatic heterocycles. The van der Waals surface area contributed by atoms with Gasteiger partial charge in [0, 0.05) is 23.5 Å². The molecular weight excluding hydrogens is 210 g/mol. The van der Waals surface area contributed by atoms with Gasteiger partial charge < -0.3 is 10.5 Å². The van der Waals surface area contributed by atoms with Crippen molar-refractivity contribution in [3.8, 4) is 5.19 Å². The first-order chi connectivity index (χ1) is 7.15. The van der Waals surface area contributed by atoms with E-state index >= 15 is 0 Å². The second-order valence-electron chi connectivity index (χ2n) is 4.39. The number of aromatic nitrogens is 2. The standard InChI is InChI=1S/C10H17N3OS/c1-6(2)9-12-10(15-13-9)14-8-4-3-7(11)5-8/h6-8H,3-5,11H2,1-2H3. The average molecular weight is 227 g/mol. The van der Waals surface area contributed by atoms with E-state index in [-0.39, 0.29) is 6.10 Å². The number of nitrogens with two attached hydrogens (primary N) is 1. The molecule has 0 radical (unpaired) electrons. The van der Waals surface area contributed by atoms with Crippen LogP contribution in [0, 0.1) is 0 Å². The first kappa shape index (κ1) is 10.8. The fourth-order valence-electron chi connectivity index (χ4n) is 1.73. The lowest BCUT2D eigenvalue weighted by atomic mass is 10.2. The summed E-state index contributed by atoms with van der Waals surface area (Å²) in [5.74, 6) is 1.24. The maximum Gasteiger partial charge on any atom is 0.293 e. The van der Waals surface area contributed by atoms with Crippen molar-refractivity contribution < 1.29 is 4.74 Å². The van der Waals surface area contributed by atoms with Crippen molar-refractivity contribution in [1.82, 2.24) is 9.36 Å². The molecule has 0 aromatic carbocycles. The van der Waals surface area contributed by atoms with Crippen LogP contribution >= 0.6 is 11.5 Å². The lowest BCUT2D eigenvalue weighted by Gasteiger charge is -2.09. The Hall–Kier alpha value is -0.680. The van der Waals surface area contributed by atoms with E-state index in [0.717, 1.165) is 25.1 Å². The van der Waals surface area contributed by atoms with Crippen LogP contribution in [0.25, 0.3) is 0 Å². The van der Waals surface area contributed by atoms with Gasteiger partial charge in [0.05, 0.1) is 0 Å². The molecule has 1 fully saturated rings. The predicted octanol–water partition coefficient (Wildman–Crippen LogP) is 1.92. The summed E-state index contributed by atoms with van der Waals surface area (Å²) < 4.78 is 9.99. The number of rotatable bonds is 3. The third-order valence-electron chi connectivity index (χ3n) is 2.63. The Labute approximate surface area is 94.0 Å². The minimum atomic E-state index is 0.243. The summed E-state index contributed by atoms with van der Waals surface area (Å²) in [6.07, 6.45) is 3.28. The van der Waals surface area contributed by atoms with Gasteiger partial charge in [0.2, 0.25) is 0 Å². The van der Waals surface area contributed by atoms with Crippen molar-refractivity contribution in [1.29, 1.82) is 0 Å². The topological polar surface area (TPSA) is 61.0 Å². The van der Waals surface area contributed by atoms with Gasteiger partial charge in [-0.2, -0.15) is 9.36 Å². The smallest absolute Gasteiger partial charge is 0.293 e. The number of nitrogens with zero attached hydrogens (tertiary/aromatic N) is 2. The van der Waals surface area contributed by atoms with Gasteiger partial charge in [-0.25, -0.2) is 0 Å². The van der Waals surface area contributed by atoms with Crippen LogP contribution in [0.1, 0.15) is 44.9 Å². The summed E-state index contributed by atoms with van der Waals surface area (Å²) >= 11 is 1.34. The molecule has 1 aromatic rings. The molecule has 5 heteroatoms. The third kappa shape index (κ3) is 2.66. The van der Waals surface area contributed by atoms with Gasteiger partial charge in [-0.05, 0) is 19.3 Å². The Kier molecular flexibility index (Phi) is 3.21. The van der Waals surface area contributed by atoms with Gasteiger partial charge in [0.25, 0.3) is 5.19 Å². The molecule has 2 atom stereocenters. The van der Waals surface area contributed by atoms with E-state index in [1.807, 2.05) is 0 Å². The Morgan fingerprint density at radius 2 is 2.27 bits per heavy atom. The first-order valence-corrected chi connectivity index (χ1v) is 6.18. The van der Waals surface area contributed by atoms with Crippen LogP contribution in [0.4, 0.5) is 0 Å². The molecule has 15 heavy (non-hydrogen) atoms. The van der Waals surface area contributed by atoms with E-state index in [1.54, 1.807) is 0 Å². The predicted molar refractivity (Wildman–Crippen MR) is 60.2 cm³/mol. The summed E-state index contributed by atoms with van der Waals surface area (Å²) in [5.41, 5.74) is 5.82. The maximum absolute atomic E-state index is 5.82. The van der Waals surface area contributed by atoms with Gasteiger partial charge in [-0.3, -0.25) is 0 Å². The van der Waals surface area contributed by atoms with Crippen molar-refractivity contribution in [3.05, 3.63) is 5.82 Å². The molecular formula is C10H17N3OS. The van der Waals surface area contributed by atoms with Crippen LogP contribution in [0.3, 0.4) is 0 Å². The minimum Gasteiger partial charge on any atom is -0.466 e. The molecule has 1 heterocycles. The largest absolute Gasteiger partial charge is 0.466 e. The normalized spacial score (nSPS) is 26.1. The fourth-order valence-corrected chi connectivity index (χ4v) is 2.46. The molecule has 0 bridgehead atoms. The van der Waals surface area contributed by atoms with E-state index in [1.165, 1.54) is 11.5 Å². The Morgan fingerprint density at radius 1 is 1.47 bits per heavy atom. The Morgan fingerprint density at radius 3 is 2.80 bits per heavy atom. The van der Waals surface area contributed by atoms with E-state index in [4.69, 9.17) is 10.5 Å². The molecule has 2 N–H and O–H groups in total. The Bertz CT molecular complexity index is 326. The lowest BCUT2D eigenvalue weighted by Crippen LogP contribution is -2.19. The van der Waals surface area contributed by atoms with Crippen molar-refractivity contribution >= 4 is 11.5 Å². The highest BCUT2D eigenvalue weighted by molar-refractivity contribution is 7.07. The SMILES string of the molecule is CC(C)c1nsc(OC2CCC(N)C2)n1. The third-order valence-corrected chi connectivity index (χ3v) is 3.25. The van der Waals surface area contributed by atoms with Crippen molar-refractivity contribution in [2.24, 2.45) is 5.73 Å². The van der Waals surface area contributed by atoms with Crippen LogP contribution in [0.2, 0.25) is 0 Å². The zero-order valence-corrected chi connectivity index (χ0v) is 9.96. The van der Waals surface area contributed by atoms with Crippen LogP contribution in [0.15, 0.2) is 0 Å². The van der Waals surface area contributed by atoms with E-state index in [0.29, 0.717) is 17.2 Å². The molecule has 0 spiro atoms. The molecule has 1 aliphatic rings. The molecule has 1 saturated carbocycles. The number of hydrogen-bond donors (Lipinski definition) is 1. The monoisotopic (exact) mass is 227 g/mol. The zero-order chi connectivity index (χ0) is 10.8. The van der Waals surface area contributed by atoms with Crippen LogP contribution in [-0.4, -0.2) is 21.5 Å². The molecule has 1 aliphatic carbocycles. The second kappa shape index (κ2) is 4.45. The molecule has 2 unspecified atom stereocenters. The second-order valence-corrected chi connectivity index (χ2v) is 5.10. The number of hydrogen-bond acceptors (Lipinski definition) is 5. The first-order valence-electron chi connectivity index (χ1n) is 5.41. The minimum absolute atomic E-state index is 0.243. The van der Waals surface area contributed by atoms with Gasteiger partial charge >= 0.3 is 0 Å². The fraction of sp³-hybridized carbons (Fsp3) is 0.800. The Balaban J connectivity index is 1.93. The summed E-state index contributed by atoms with van der Waals surface area (Å²) in [7, 11) is 0. The summed E-state index contributed by atoms with van der Waals surface area (Å²) in [4.78, 5) is 4.34. The molecule has 0 saturated heterocycles. The van der Waals surface area contributed by atoms with Crippen LogP contribution < -0.4 is 10.5 Å². The van der Waals surface area contributed by atoms with E-state index in [2.05, 4.69) is 23.2 Å². The quantitative estimate of drug-likeness (QED) is 0.857. The lowest BCUT2D eigenvalue weighted by molar-refractivity contribution is 0.207. The highest BCUT2D eigenvalue weighted by Gasteiger charge is 2.24. The van der Waals surface area contributed by atoms with Crippen molar-refractivity contribution in [2.45, 2.75) is 51.2 Å². The molecule has 84 valence electrons. The average Bonchev–Trinajstić information content (AvgIpc) is 2.76. The van der Waals surface area contributed by atoms with Crippen LogP contribution in [0.5, 0.6) is 5.19 Å². The van der Waals surface area contributed by atoms with Gasteiger partial charge in [0.15, 0.2) is 0 Å². The highest BCUT2D eigenvalue weighted by atomic mass is 32.1.